The molecule has 0 atom stereocenters. The van der Waals surface area contributed by atoms with Crippen molar-refractivity contribution < 1.29 is 13.3 Å². The normalized spacial score (nSPS) is 10.4. The van der Waals surface area contributed by atoms with E-state index >= 15 is 0 Å². The van der Waals surface area contributed by atoms with Gasteiger partial charge in [-0.15, -0.1) is 0 Å². The van der Waals surface area contributed by atoms with Gasteiger partial charge in [-0.25, -0.2) is 0 Å². The molecule has 0 saturated heterocycles. The third kappa shape index (κ3) is 4.69. The zero-order valence-corrected chi connectivity index (χ0v) is 7.87. The molecule has 0 unspecified atom stereocenters. The summed E-state index contributed by atoms with van der Waals surface area (Å²) in [7, 11) is 1.36. The maximum Gasteiger partial charge on any atom is 0.483 e. The molecule has 0 aliphatic heterocycles. The molecule has 0 aromatic heterocycles. The largest absolute Gasteiger partial charge is 0.483 e. The van der Waals surface area contributed by atoms with Gasteiger partial charge in [0.1, 0.15) is 0 Å². The first-order chi connectivity index (χ1) is 4.70. The first-order valence-electron chi connectivity index (χ1n) is 3.02. The van der Waals surface area contributed by atoms with E-state index in [1.165, 1.54) is 0 Å². The fourth-order valence-electron chi connectivity index (χ4n) is 0.443. The molecule has 4 heteroatoms. The lowest BCUT2D eigenvalue weighted by Crippen LogP contribution is -2.24. The van der Waals surface area contributed by atoms with Gasteiger partial charge >= 0.3 is 9.53 Å². The Labute approximate surface area is 63.6 Å². The summed E-state index contributed by atoms with van der Waals surface area (Å²) in [4.78, 5) is 0. The van der Waals surface area contributed by atoms with Gasteiger partial charge in [0.2, 0.25) is 0 Å². The predicted molar refractivity (Wildman–Crippen MR) is 41.9 cm³/mol. The fraction of sp³-hybridized carbons (Fsp3) is 0.667. The van der Waals surface area contributed by atoms with Crippen LogP contribution in [0.3, 0.4) is 0 Å². The predicted octanol–water partition coefficient (Wildman–Crippen LogP) is 0.589. The summed E-state index contributed by atoms with van der Waals surface area (Å²) in [6, 6.07) is 0. The molecule has 0 amide bonds. The lowest BCUT2D eigenvalue weighted by Gasteiger charge is -2.10. The zero-order chi connectivity index (χ0) is 7.98. The molecule has 0 fully saturated rings. The Morgan fingerprint density at radius 3 is 2.20 bits per heavy atom. The van der Waals surface area contributed by atoms with E-state index in [0.29, 0.717) is 6.61 Å². The van der Waals surface area contributed by atoms with Crippen LogP contribution < -0.4 is 0 Å². The summed E-state index contributed by atoms with van der Waals surface area (Å²) < 4.78 is 15.0. The summed E-state index contributed by atoms with van der Waals surface area (Å²) in [5.41, 5.74) is 0.978. The van der Waals surface area contributed by atoms with Crippen LogP contribution in [0.4, 0.5) is 0 Å². The summed E-state index contributed by atoms with van der Waals surface area (Å²) in [6.07, 6.45) is 0. The van der Waals surface area contributed by atoms with Gasteiger partial charge in [0.05, 0.1) is 6.61 Å². The third-order valence-electron chi connectivity index (χ3n) is 0.851. The Balaban J connectivity index is 3.34. The Morgan fingerprint density at radius 2 is 1.90 bits per heavy atom. The molecule has 10 heavy (non-hydrogen) atoms. The van der Waals surface area contributed by atoms with Gasteiger partial charge in [0, 0.05) is 14.2 Å². The van der Waals surface area contributed by atoms with Crippen molar-refractivity contribution in [1.82, 2.24) is 0 Å². The minimum atomic E-state index is -1.81. The van der Waals surface area contributed by atoms with E-state index in [-0.39, 0.29) is 0 Å². The first kappa shape index (κ1) is 9.84. The molecule has 3 nitrogen and oxygen atoms in total. The van der Waals surface area contributed by atoms with Crippen molar-refractivity contribution >= 4 is 9.53 Å². The second kappa shape index (κ2) is 5.61. The molecule has 0 radical (unpaired) electrons. The van der Waals surface area contributed by atoms with Gasteiger partial charge in [0.15, 0.2) is 0 Å². The molecule has 0 bridgehead atoms. The molecule has 0 N–H and O–H groups in total. The maximum absolute atomic E-state index is 5.20. The average molecular weight is 162 g/mol. The topological polar surface area (TPSA) is 27.7 Å². The average Bonchev–Trinajstić information content (AvgIpc) is 1.90. The van der Waals surface area contributed by atoms with Gasteiger partial charge in [0.25, 0.3) is 0 Å². The van der Waals surface area contributed by atoms with Crippen molar-refractivity contribution in [3.63, 3.8) is 0 Å². The van der Waals surface area contributed by atoms with E-state index in [1.807, 2.05) is 6.92 Å². The van der Waals surface area contributed by atoms with Crippen molar-refractivity contribution in [3.8, 4) is 0 Å². The summed E-state index contributed by atoms with van der Waals surface area (Å²) >= 11 is 0. The second-order valence-electron chi connectivity index (χ2n) is 2.03. The zero-order valence-electron chi connectivity index (χ0n) is 6.72. The van der Waals surface area contributed by atoms with Crippen LogP contribution in [0.25, 0.3) is 0 Å². The van der Waals surface area contributed by atoms with Crippen LogP contribution in [0.2, 0.25) is 0 Å². The second-order valence-corrected chi connectivity index (χ2v) is 3.88. The fourth-order valence-corrected chi connectivity index (χ4v) is 1.33. The lowest BCUT2D eigenvalue weighted by atomic mass is 10.4. The molecule has 0 rings (SSSR count). The minimum absolute atomic E-state index is 0.526. The van der Waals surface area contributed by atoms with Crippen LogP contribution >= 0.6 is 0 Å². The van der Waals surface area contributed by atoms with Gasteiger partial charge in [-0.2, -0.15) is 0 Å². The summed E-state index contributed by atoms with van der Waals surface area (Å²) in [6.45, 7) is 6.11. The van der Waals surface area contributed by atoms with Crippen molar-refractivity contribution in [2.45, 2.75) is 6.92 Å². The van der Waals surface area contributed by atoms with Crippen molar-refractivity contribution in [3.05, 3.63) is 12.2 Å². The van der Waals surface area contributed by atoms with Crippen molar-refractivity contribution in [2.75, 3.05) is 20.8 Å². The number of rotatable bonds is 5. The van der Waals surface area contributed by atoms with E-state index in [4.69, 9.17) is 13.3 Å². The van der Waals surface area contributed by atoms with Crippen LogP contribution in [-0.2, 0) is 13.3 Å². The Hall–Kier alpha value is -0.163. The standard InChI is InChI=1S/C6H14O3Si/c1-6(2)5-9-10(7-3)8-4/h10H,1,5H2,2-4H3. The van der Waals surface area contributed by atoms with E-state index < -0.39 is 9.53 Å². The van der Waals surface area contributed by atoms with Crippen molar-refractivity contribution in [2.24, 2.45) is 0 Å². The van der Waals surface area contributed by atoms with Crippen LogP contribution in [-0.4, -0.2) is 30.4 Å². The van der Waals surface area contributed by atoms with Crippen LogP contribution in [0.15, 0.2) is 12.2 Å². The van der Waals surface area contributed by atoms with Crippen LogP contribution in [0.1, 0.15) is 6.92 Å². The van der Waals surface area contributed by atoms with Gasteiger partial charge in [-0.1, -0.05) is 12.2 Å². The van der Waals surface area contributed by atoms with E-state index in [2.05, 4.69) is 6.58 Å². The van der Waals surface area contributed by atoms with E-state index in [0.717, 1.165) is 5.57 Å². The Kier molecular flexibility index (Phi) is 5.52. The Bertz CT molecular complexity index is 101. The van der Waals surface area contributed by atoms with Crippen LogP contribution in [0, 0.1) is 0 Å². The molecule has 0 aromatic rings. The van der Waals surface area contributed by atoms with E-state index in [9.17, 15) is 0 Å². The Morgan fingerprint density at radius 1 is 1.40 bits per heavy atom. The molecule has 0 spiro atoms. The molecule has 0 heterocycles. The molecular formula is C6H14O3Si. The molecule has 0 aliphatic rings. The lowest BCUT2D eigenvalue weighted by molar-refractivity contribution is 0.146. The molecule has 0 aromatic carbocycles. The molecule has 0 saturated carbocycles. The summed E-state index contributed by atoms with van der Waals surface area (Å²) in [5.74, 6) is 0. The highest BCUT2D eigenvalue weighted by molar-refractivity contribution is 6.36. The molecule has 60 valence electrons. The summed E-state index contributed by atoms with van der Waals surface area (Å²) in [5, 5.41) is 0. The van der Waals surface area contributed by atoms with Gasteiger partial charge in [-0.05, 0) is 6.92 Å². The SMILES string of the molecule is C=C(C)CO[SiH](OC)OC. The van der Waals surface area contributed by atoms with Crippen LogP contribution in [0.5, 0.6) is 0 Å². The minimum Gasteiger partial charge on any atom is -0.379 e. The smallest absolute Gasteiger partial charge is 0.379 e. The number of hydrogen-bond acceptors (Lipinski definition) is 3. The molecular weight excluding hydrogens is 148 g/mol. The third-order valence-corrected chi connectivity index (χ3v) is 2.06. The first-order valence-corrected chi connectivity index (χ1v) is 4.43. The van der Waals surface area contributed by atoms with Gasteiger partial charge < -0.3 is 13.3 Å². The highest BCUT2D eigenvalue weighted by Crippen LogP contribution is 1.92. The van der Waals surface area contributed by atoms with E-state index in [1.54, 1.807) is 14.2 Å². The molecule has 0 aliphatic carbocycles. The highest BCUT2D eigenvalue weighted by Gasteiger charge is 2.09. The quantitative estimate of drug-likeness (QED) is 0.437. The van der Waals surface area contributed by atoms with Crippen molar-refractivity contribution in [1.29, 1.82) is 0 Å². The number of hydrogen-bond donors (Lipinski definition) is 0. The van der Waals surface area contributed by atoms with Gasteiger partial charge in [-0.3, -0.25) is 0 Å². The maximum atomic E-state index is 5.20. The highest BCUT2D eigenvalue weighted by atomic mass is 28.3. The monoisotopic (exact) mass is 162 g/mol.